The van der Waals surface area contributed by atoms with Gasteiger partial charge in [0.05, 0.1) is 6.33 Å². The molecular weight excluding hydrogens is 317 g/mol. The van der Waals surface area contributed by atoms with Crippen LogP contribution in [0.1, 0.15) is 12.6 Å². The molecule has 0 spiro atoms. The van der Waals surface area contributed by atoms with E-state index in [1.54, 1.807) is 0 Å². The number of hydrogen-bond donors (Lipinski definition) is 3. The van der Waals surface area contributed by atoms with Crippen LogP contribution in [0.2, 0.25) is 0 Å². The number of aromatic nitrogens is 4. The molecule has 3 heterocycles. The summed E-state index contributed by atoms with van der Waals surface area (Å²) in [5.74, 6) is 0.197. The summed E-state index contributed by atoms with van der Waals surface area (Å²) >= 11 is 0. The Balaban J connectivity index is 1.86. The maximum absolute atomic E-state index is 11.4. The molecule has 4 unspecified atom stereocenters. The van der Waals surface area contributed by atoms with Gasteiger partial charge in [-0.25, -0.2) is 19.5 Å². The van der Waals surface area contributed by atoms with Crippen LogP contribution >= 0.6 is 7.82 Å². The highest BCUT2D eigenvalue weighted by Crippen LogP contribution is 2.47. The van der Waals surface area contributed by atoms with Gasteiger partial charge in [0.25, 0.3) is 0 Å². The monoisotopic (exact) mass is 331 g/mol. The van der Waals surface area contributed by atoms with Crippen molar-refractivity contribution < 1.29 is 28.3 Å². The molecule has 1 aliphatic heterocycles. The summed E-state index contributed by atoms with van der Waals surface area (Å²) in [7, 11) is -3.18. The Bertz CT molecular complexity index is 738. The van der Waals surface area contributed by atoms with Gasteiger partial charge in [0.2, 0.25) is 0 Å². The van der Waals surface area contributed by atoms with E-state index in [9.17, 15) is 14.6 Å². The zero-order chi connectivity index (χ0) is 15.9. The summed E-state index contributed by atoms with van der Waals surface area (Å²) < 4.78 is 27.4. The number of ether oxygens (including phenoxy) is 1. The average Bonchev–Trinajstić information content (AvgIpc) is 3.03. The molecule has 1 saturated heterocycles. The van der Waals surface area contributed by atoms with Gasteiger partial charge in [0.15, 0.2) is 24.0 Å². The lowest BCUT2D eigenvalue weighted by Crippen LogP contribution is -2.19. The fourth-order valence-corrected chi connectivity index (χ4v) is 2.70. The summed E-state index contributed by atoms with van der Waals surface area (Å²) in [4.78, 5) is 21.2. The average molecular weight is 331 g/mol. The van der Waals surface area contributed by atoms with E-state index < -0.39 is 26.4 Å². The van der Waals surface area contributed by atoms with Gasteiger partial charge in [-0.2, -0.15) is 0 Å². The Hall–Kier alpha value is -1.62. The van der Waals surface area contributed by atoms with Crippen molar-refractivity contribution in [3.8, 4) is 0 Å². The fourth-order valence-electron chi connectivity index (χ4n) is 2.18. The van der Waals surface area contributed by atoms with Crippen LogP contribution in [-0.2, 0) is 18.3 Å². The van der Waals surface area contributed by atoms with Gasteiger partial charge in [-0.3, -0.25) is 13.6 Å². The van der Waals surface area contributed by atoms with Crippen LogP contribution in [0.5, 0.6) is 0 Å². The lowest BCUT2D eigenvalue weighted by molar-refractivity contribution is -0.115. The van der Waals surface area contributed by atoms with Crippen LogP contribution in [0, 0.1) is 0 Å². The standard InChI is InChI=1S/C10H14N5O6P/c1-19-22(17,18)21-6-2-5(16)10(20-6)15-4-14-7-8(11)12-3-13-9(7)15/h3-6,10,16H,2H2,1H3,(H,17,18)(H2,11,12,13). The molecule has 0 radical (unpaired) electrons. The molecule has 3 rings (SSSR count). The highest BCUT2D eigenvalue weighted by molar-refractivity contribution is 7.47. The van der Waals surface area contributed by atoms with Crippen molar-refractivity contribution in [2.45, 2.75) is 25.0 Å². The summed E-state index contributed by atoms with van der Waals surface area (Å²) in [6.45, 7) is 0. The maximum Gasteiger partial charge on any atom is 0.474 e. The van der Waals surface area contributed by atoms with E-state index in [-0.39, 0.29) is 12.2 Å². The molecular formula is C10H14N5O6P. The second-order valence-electron chi connectivity index (χ2n) is 4.60. The van der Waals surface area contributed by atoms with Crippen LogP contribution in [-0.4, -0.2) is 49.0 Å². The van der Waals surface area contributed by atoms with E-state index in [1.165, 1.54) is 17.2 Å². The number of hydrogen-bond acceptors (Lipinski definition) is 9. The first-order valence-electron chi connectivity index (χ1n) is 6.25. The minimum absolute atomic E-state index is 0.0151. The smallest absolute Gasteiger partial charge is 0.388 e. The number of nitrogen functional groups attached to an aromatic ring is 1. The van der Waals surface area contributed by atoms with Crippen LogP contribution in [0.3, 0.4) is 0 Å². The van der Waals surface area contributed by atoms with Gasteiger partial charge in [-0.1, -0.05) is 0 Å². The fraction of sp³-hybridized carbons (Fsp3) is 0.500. The third-order valence-corrected chi connectivity index (χ3v) is 4.16. The zero-order valence-electron chi connectivity index (χ0n) is 11.4. The van der Waals surface area contributed by atoms with E-state index in [2.05, 4.69) is 19.5 Å². The SMILES string of the molecule is COP(=O)(O)OC1CC(O)C(n2cnc3c(N)ncnc32)O1. The Morgan fingerprint density at radius 2 is 2.27 bits per heavy atom. The number of imidazole rings is 1. The second-order valence-corrected chi connectivity index (χ2v) is 6.11. The number of phosphoric ester groups is 1. The van der Waals surface area contributed by atoms with Crippen molar-refractivity contribution in [1.29, 1.82) is 0 Å². The van der Waals surface area contributed by atoms with Crippen molar-refractivity contribution in [2.24, 2.45) is 0 Å². The van der Waals surface area contributed by atoms with E-state index >= 15 is 0 Å². The number of nitrogens with zero attached hydrogens (tertiary/aromatic N) is 4. The predicted molar refractivity (Wildman–Crippen MR) is 72.2 cm³/mol. The van der Waals surface area contributed by atoms with Crippen molar-refractivity contribution in [1.82, 2.24) is 19.5 Å². The van der Waals surface area contributed by atoms with E-state index in [1.807, 2.05) is 0 Å². The molecule has 0 bridgehead atoms. The van der Waals surface area contributed by atoms with Gasteiger partial charge in [-0.15, -0.1) is 0 Å². The molecule has 12 heteroatoms. The first kappa shape index (κ1) is 15.3. The molecule has 0 saturated carbocycles. The Kier molecular flexibility index (Phi) is 3.85. The van der Waals surface area contributed by atoms with Gasteiger partial charge >= 0.3 is 7.82 Å². The zero-order valence-corrected chi connectivity index (χ0v) is 12.3. The van der Waals surface area contributed by atoms with Crippen molar-refractivity contribution in [3.05, 3.63) is 12.7 Å². The third-order valence-electron chi connectivity index (χ3n) is 3.20. The number of nitrogens with two attached hydrogens (primary N) is 1. The number of anilines is 1. The number of rotatable bonds is 4. The number of fused-ring (bicyclic) bond motifs is 1. The summed E-state index contributed by atoms with van der Waals surface area (Å²) in [5, 5.41) is 10.1. The Morgan fingerprint density at radius 3 is 3.00 bits per heavy atom. The molecule has 2 aromatic rings. The van der Waals surface area contributed by atoms with Crippen LogP contribution in [0.4, 0.5) is 5.82 Å². The largest absolute Gasteiger partial charge is 0.474 e. The van der Waals surface area contributed by atoms with Crippen molar-refractivity contribution in [3.63, 3.8) is 0 Å². The van der Waals surface area contributed by atoms with Crippen LogP contribution < -0.4 is 5.73 Å². The molecule has 0 aliphatic carbocycles. The molecule has 2 aromatic heterocycles. The quantitative estimate of drug-likeness (QED) is 0.640. The van der Waals surface area contributed by atoms with Gasteiger partial charge < -0.3 is 20.5 Å². The molecule has 0 aromatic carbocycles. The van der Waals surface area contributed by atoms with Gasteiger partial charge in [-0.05, 0) is 0 Å². The van der Waals surface area contributed by atoms with Crippen LogP contribution in [0.25, 0.3) is 11.2 Å². The summed E-state index contributed by atoms with van der Waals surface area (Å²) in [6, 6.07) is 0. The molecule has 1 fully saturated rings. The topological polar surface area (TPSA) is 155 Å². The van der Waals surface area contributed by atoms with Crippen LogP contribution in [0.15, 0.2) is 12.7 Å². The molecule has 0 amide bonds. The normalized spacial score (nSPS) is 28.0. The summed E-state index contributed by atoms with van der Waals surface area (Å²) in [5.41, 5.74) is 6.43. The predicted octanol–water partition coefficient (Wildman–Crippen LogP) is -0.222. The van der Waals surface area contributed by atoms with Gasteiger partial charge in [0, 0.05) is 13.5 Å². The number of aliphatic hydroxyl groups is 1. The Labute approximate surface area is 124 Å². The number of aliphatic hydroxyl groups excluding tert-OH is 1. The summed E-state index contributed by atoms with van der Waals surface area (Å²) in [6.07, 6.45) is -0.346. The highest BCUT2D eigenvalue weighted by atomic mass is 31.2. The lowest BCUT2D eigenvalue weighted by Gasteiger charge is -2.17. The van der Waals surface area contributed by atoms with Crippen molar-refractivity contribution in [2.75, 3.05) is 12.8 Å². The maximum atomic E-state index is 11.4. The molecule has 22 heavy (non-hydrogen) atoms. The minimum atomic E-state index is -4.21. The third kappa shape index (κ3) is 2.70. The molecule has 4 atom stereocenters. The molecule has 1 aliphatic rings. The minimum Gasteiger partial charge on any atom is -0.388 e. The van der Waals surface area contributed by atoms with Gasteiger partial charge in [0.1, 0.15) is 17.9 Å². The van der Waals surface area contributed by atoms with E-state index in [4.69, 9.17) is 15.0 Å². The first-order chi connectivity index (χ1) is 10.4. The second kappa shape index (κ2) is 5.54. The molecule has 11 nitrogen and oxygen atoms in total. The number of phosphoric acid groups is 1. The lowest BCUT2D eigenvalue weighted by atomic mass is 10.2. The highest BCUT2D eigenvalue weighted by Gasteiger charge is 2.40. The first-order valence-corrected chi connectivity index (χ1v) is 7.74. The Morgan fingerprint density at radius 1 is 1.50 bits per heavy atom. The van der Waals surface area contributed by atoms with E-state index in [0.717, 1.165) is 7.11 Å². The van der Waals surface area contributed by atoms with Crippen molar-refractivity contribution >= 4 is 24.8 Å². The molecule has 4 N–H and O–H groups in total. The van der Waals surface area contributed by atoms with E-state index in [0.29, 0.717) is 11.2 Å². The molecule has 120 valence electrons.